The van der Waals surface area contributed by atoms with Gasteiger partial charge in [-0.05, 0) is 44.5 Å². The largest absolute Gasteiger partial charge is 1.00 e. The molecule has 1 aromatic carbocycles. The molecule has 0 atom stereocenters. The Kier molecular flexibility index (Phi) is 14.0. The summed E-state index contributed by atoms with van der Waals surface area (Å²) in [5.74, 6) is 0. The summed E-state index contributed by atoms with van der Waals surface area (Å²) in [4.78, 5) is 2.62. The quantitative estimate of drug-likeness (QED) is 0.281. The molecule has 1 aliphatic heterocycles. The number of piperidine rings is 1. The molecule has 2 aromatic rings. The predicted molar refractivity (Wildman–Crippen MR) is 130 cm³/mol. The molecule has 0 radical (unpaired) electrons. The first-order chi connectivity index (χ1) is 15.4. The molecule has 0 aliphatic carbocycles. The molecule has 4 nitrogen and oxygen atoms in total. The summed E-state index contributed by atoms with van der Waals surface area (Å²) < 4.78 is 10.7. The lowest BCUT2D eigenvalue weighted by Crippen LogP contribution is -3.00. The molecular formula is C27H46ClN3O. The van der Waals surface area contributed by atoms with E-state index in [9.17, 15) is 0 Å². The number of likely N-dealkylation sites (tertiary alicyclic amines) is 1. The molecule has 182 valence electrons. The maximum absolute atomic E-state index is 6.05. The van der Waals surface area contributed by atoms with Gasteiger partial charge >= 0.3 is 0 Å². The fraction of sp³-hybridized carbons (Fsp3) is 0.741. The second-order valence-electron chi connectivity index (χ2n) is 9.39. The van der Waals surface area contributed by atoms with Crippen molar-refractivity contribution in [1.82, 2.24) is 9.47 Å². The number of imidazole rings is 1. The SMILES string of the molecule is CCCCCCCCCCCCOC[n+]1cn(CCN2CCCCC2)c2ccccc21.[Cl-]. The highest BCUT2D eigenvalue weighted by atomic mass is 35.5. The molecule has 0 amide bonds. The Morgan fingerprint density at radius 3 is 2.19 bits per heavy atom. The summed E-state index contributed by atoms with van der Waals surface area (Å²) in [6.45, 7) is 8.56. The van der Waals surface area contributed by atoms with Crippen molar-refractivity contribution in [3.05, 3.63) is 30.6 Å². The van der Waals surface area contributed by atoms with Gasteiger partial charge in [0, 0.05) is 6.54 Å². The number of hydrogen-bond donors (Lipinski definition) is 0. The van der Waals surface area contributed by atoms with Crippen molar-refractivity contribution in [3.63, 3.8) is 0 Å². The van der Waals surface area contributed by atoms with Crippen LogP contribution in [-0.2, 0) is 18.0 Å². The number of para-hydroxylation sites is 2. The van der Waals surface area contributed by atoms with Crippen LogP contribution in [0.15, 0.2) is 30.6 Å². The van der Waals surface area contributed by atoms with Crippen molar-refractivity contribution < 1.29 is 21.7 Å². The van der Waals surface area contributed by atoms with Gasteiger partial charge in [-0.2, -0.15) is 0 Å². The van der Waals surface area contributed by atoms with Gasteiger partial charge < -0.3 is 17.1 Å². The van der Waals surface area contributed by atoms with Crippen LogP contribution in [-0.4, -0.2) is 35.7 Å². The molecule has 1 fully saturated rings. The number of hydrogen-bond acceptors (Lipinski definition) is 2. The Labute approximate surface area is 202 Å². The maximum Gasteiger partial charge on any atom is 0.246 e. The van der Waals surface area contributed by atoms with Crippen molar-refractivity contribution in [2.45, 2.75) is 104 Å². The zero-order valence-electron chi connectivity index (χ0n) is 20.4. The number of benzene rings is 1. The van der Waals surface area contributed by atoms with Crippen molar-refractivity contribution in [1.29, 1.82) is 0 Å². The standard InChI is InChI=1S/C27H46N3O.ClH/c1-2-3-4-5-6-7-8-9-10-16-23-31-25-30-24-29(26-17-12-13-18-27(26)30)22-21-28-19-14-11-15-20-28;/h12-13,17-18,24H,2-11,14-16,19-23,25H2,1H3;1H/q+1;/p-1. The molecule has 0 saturated carbocycles. The molecule has 0 spiro atoms. The van der Waals surface area contributed by atoms with Crippen LogP contribution >= 0.6 is 0 Å². The lowest BCUT2D eigenvalue weighted by molar-refractivity contribution is -0.710. The van der Waals surface area contributed by atoms with Crippen LogP contribution in [0.5, 0.6) is 0 Å². The molecule has 1 aliphatic rings. The van der Waals surface area contributed by atoms with E-state index in [1.807, 2.05) is 0 Å². The van der Waals surface area contributed by atoms with Gasteiger partial charge in [0.15, 0.2) is 17.8 Å². The number of ether oxygens (including phenoxy) is 1. The Morgan fingerprint density at radius 2 is 1.47 bits per heavy atom. The van der Waals surface area contributed by atoms with E-state index >= 15 is 0 Å². The molecule has 0 bridgehead atoms. The van der Waals surface area contributed by atoms with E-state index < -0.39 is 0 Å². The smallest absolute Gasteiger partial charge is 0.246 e. The van der Waals surface area contributed by atoms with E-state index in [2.05, 4.69) is 51.6 Å². The van der Waals surface area contributed by atoms with Crippen LogP contribution < -0.4 is 17.0 Å². The van der Waals surface area contributed by atoms with Crippen LogP contribution in [0.2, 0.25) is 0 Å². The molecule has 0 N–H and O–H groups in total. The Bertz CT molecular complexity index is 727. The van der Waals surface area contributed by atoms with E-state index in [-0.39, 0.29) is 12.4 Å². The highest BCUT2D eigenvalue weighted by Gasteiger charge is 2.17. The number of unbranched alkanes of at least 4 members (excludes halogenated alkanes) is 9. The third-order valence-corrected chi connectivity index (χ3v) is 6.76. The third-order valence-electron chi connectivity index (χ3n) is 6.76. The Hall–Kier alpha value is -1.10. The maximum atomic E-state index is 6.05. The first kappa shape index (κ1) is 27.1. The van der Waals surface area contributed by atoms with E-state index in [0.717, 1.165) is 19.7 Å². The summed E-state index contributed by atoms with van der Waals surface area (Å²) >= 11 is 0. The van der Waals surface area contributed by atoms with Gasteiger partial charge in [-0.15, -0.1) is 0 Å². The van der Waals surface area contributed by atoms with E-state index in [0.29, 0.717) is 6.73 Å². The van der Waals surface area contributed by atoms with Crippen LogP contribution in [0, 0.1) is 0 Å². The van der Waals surface area contributed by atoms with Crippen molar-refractivity contribution >= 4 is 11.0 Å². The van der Waals surface area contributed by atoms with E-state index in [1.165, 1.54) is 108 Å². The second-order valence-corrected chi connectivity index (χ2v) is 9.39. The molecule has 1 saturated heterocycles. The molecule has 5 heteroatoms. The van der Waals surface area contributed by atoms with Crippen LogP contribution in [0.3, 0.4) is 0 Å². The summed E-state index contributed by atoms with van der Waals surface area (Å²) in [5, 5.41) is 0. The van der Waals surface area contributed by atoms with Gasteiger partial charge in [-0.1, -0.05) is 83.3 Å². The van der Waals surface area contributed by atoms with Gasteiger partial charge in [0.1, 0.15) is 6.54 Å². The van der Waals surface area contributed by atoms with Gasteiger partial charge in [0.25, 0.3) is 0 Å². The summed E-state index contributed by atoms with van der Waals surface area (Å²) in [6.07, 6.45) is 20.1. The van der Waals surface area contributed by atoms with Gasteiger partial charge in [-0.25, -0.2) is 9.13 Å². The third kappa shape index (κ3) is 9.41. The van der Waals surface area contributed by atoms with Crippen molar-refractivity contribution in [2.75, 3.05) is 26.2 Å². The molecule has 1 aromatic heterocycles. The van der Waals surface area contributed by atoms with Crippen LogP contribution in [0.4, 0.5) is 0 Å². The first-order valence-electron chi connectivity index (χ1n) is 13.2. The highest BCUT2D eigenvalue weighted by Crippen LogP contribution is 2.13. The van der Waals surface area contributed by atoms with E-state index in [4.69, 9.17) is 4.74 Å². The molecule has 0 unspecified atom stereocenters. The number of aromatic nitrogens is 2. The van der Waals surface area contributed by atoms with Gasteiger partial charge in [0.2, 0.25) is 6.33 Å². The van der Waals surface area contributed by atoms with Gasteiger partial charge in [-0.3, -0.25) is 4.90 Å². The lowest BCUT2D eigenvalue weighted by atomic mass is 10.1. The number of fused-ring (bicyclic) bond motifs is 1. The minimum absolute atomic E-state index is 0. The summed E-state index contributed by atoms with van der Waals surface area (Å²) in [7, 11) is 0. The fourth-order valence-electron chi connectivity index (χ4n) is 4.81. The van der Waals surface area contributed by atoms with E-state index in [1.54, 1.807) is 0 Å². The van der Waals surface area contributed by atoms with Crippen LogP contribution in [0.1, 0.15) is 90.4 Å². The van der Waals surface area contributed by atoms with Crippen LogP contribution in [0.25, 0.3) is 11.0 Å². The molecule has 2 heterocycles. The molecule has 32 heavy (non-hydrogen) atoms. The zero-order valence-corrected chi connectivity index (χ0v) is 21.2. The van der Waals surface area contributed by atoms with Crippen molar-refractivity contribution in [3.8, 4) is 0 Å². The number of halogens is 1. The van der Waals surface area contributed by atoms with Gasteiger partial charge in [0.05, 0.1) is 6.61 Å². The second kappa shape index (κ2) is 16.5. The average Bonchev–Trinajstić information content (AvgIpc) is 3.17. The number of rotatable bonds is 16. The monoisotopic (exact) mass is 463 g/mol. The summed E-state index contributed by atoms with van der Waals surface area (Å²) in [6, 6.07) is 8.74. The predicted octanol–water partition coefficient (Wildman–Crippen LogP) is 3.31. The van der Waals surface area contributed by atoms with Crippen molar-refractivity contribution in [2.24, 2.45) is 0 Å². The Balaban J connectivity index is 0.00000363. The minimum atomic E-state index is 0. The fourth-order valence-corrected chi connectivity index (χ4v) is 4.81. The number of nitrogens with zero attached hydrogens (tertiary/aromatic N) is 3. The first-order valence-corrected chi connectivity index (χ1v) is 13.2. The molecule has 3 rings (SSSR count). The minimum Gasteiger partial charge on any atom is -1.00 e. The lowest BCUT2D eigenvalue weighted by Gasteiger charge is -2.25. The Morgan fingerprint density at radius 1 is 0.812 bits per heavy atom. The molecular weight excluding hydrogens is 418 g/mol. The normalized spacial score (nSPS) is 14.7. The highest BCUT2D eigenvalue weighted by molar-refractivity contribution is 5.71. The zero-order chi connectivity index (χ0) is 21.6. The summed E-state index contributed by atoms with van der Waals surface area (Å²) in [5.41, 5.74) is 2.60. The topological polar surface area (TPSA) is 21.3 Å². The average molecular weight is 464 g/mol.